The van der Waals surface area contributed by atoms with E-state index in [-0.39, 0.29) is 11.7 Å². The Hall–Kier alpha value is -1.91. The number of hydrogen-bond acceptors (Lipinski definition) is 4. The van der Waals surface area contributed by atoms with Crippen molar-refractivity contribution in [3.05, 3.63) is 59.4 Å². The summed E-state index contributed by atoms with van der Waals surface area (Å²) in [5, 5.41) is 0. The van der Waals surface area contributed by atoms with Gasteiger partial charge in [-0.25, -0.2) is 0 Å². The third-order valence-corrected chi connectivity index (χ3v) is 6.62. The van der Waals surface area contributed by atoms with E-state index in [0.29, 0.717) is 5.92 Å². The molecule has 2 atom stereocenters. The van der Waals surface area contributed by atoms with E-state index in [0.717, 1.165) is 51.3 Å². The lowest BCUT2D eigenvalue weighted by atomic mass is 9.70. The standard InChI is InChI=1S/C23H28N2O2/c1-17-6-7-19-21(14-17)27-23(20-5-3-13-26-22(19)20)8-11-25(12-9-23)16-18-4-2-10-24-15-18/h2,4,6-7,10,14-15,20,22H,3,5,8-9,11-13,16H2,1H3/t20-,22+/m0/s1. The molecule has 0 N–H and O–H groups in total. The zero-order valence-corrected chi connectivity index (χ0v) is 16.1. The van der Waals surface area contributed by atoms with Crippen molar-refractivity contribution in [2.24, 2.45) is 5.92 Å². The highest BCUT2D eigenvalue weighted by Crippen LogP contribution is 2.53. The molecule has 2 aromatic rings. The number of fused-ring (bicyclic) bond motifs is 4. The number of pyridine rings is 1. The lowest BCUT2D eigenvalue weighted by molar-refractivity contribution is -0.150. The van der Waals surface area contributed by atoms with Gasteiger partial charge in [-0.2, -0.15) is 0 Å². The van der Waals surface area contributed by atoms with E-state index in [4.69, 9.17) is 9.47 Å². The van der Waals surface area contributed by atoms with Crippen LogP contribution in [0.1, 0.15) is 48.5 Å². The molecular weight excluding hydrogens is 336 g/mol. The van der Waals surface area contributed by atoms with Crippen LogP contribution in [0.3, 0.4) is 0 Å². The largest absolute Gasteiger partial charge is 0.486 e. The molecule has 4 heteroatoms. The highest BCUT2D eigenvalue weighted by Gasteiger charge is 2.52. The van der Waals surface area contributed by atoms with Crippen LogP contribution in [0, 0.1) is 12.8 Å². The van der Waals surface area contributed by atoms with Gasteiger partial charge in [0.2, 0.25) is 0 Å². The van der Waals surface area contributed by atoms with E-state index in [1.807, 2.05) is 18.5 Å². The maximum absolute atomic E-state index is 6.79. The molecule has 4 heterocycles. The summed E-state index contributed by atoms with van der Waals surface area (Å²) < 4.78 is 13.1. The van der Waals surface area contributed by atoms with E-state index in [1.54, 1.807) is 0 Å². The minimum atomic E-state index is -0.0721. The topological polar surface area (TPSA) is 34.6 Å². The number of ether oxygens (including phenoxy) is 2. The van der Waals surface area contributed by atoms with Crippen molar-refractivity contribution in [2.75, 3.05) is 19.7 Å². The molecule has 1 spiro atoms. The monoisotopic (exact) mass is 364 g/mol. The van der Waals surface area contributed by atoms with Gasteiger partial charge in [0.1, 0.15) is 11.4 Å². The third-order valence-electron chi connectivity index (χ3n) is 6.62. The molecule has 1 aromatic carbocycles. The predicted molar refractivity (Wildman–Crippen MR) is 105 cm³/mol. The van der Waals surface area contributed by atoms with Gasteiger partial charge in [0.15, 0.2) is 0 Å². The van der Waals surface area contributed by atoms with Gasteiger partial charge in [0, 0.05) is 63.0 Å². The number of nitrogens with zero attached hydrogens (tertiary/aromatic N) is 2. The van der Waals surface area contributed by atoms with Crippen molar-refractivity contribution < 1.29 is 9.47 Å². The third kappa shape index (κ3) is 3.15. The second-order valence-corrected chi connectivity index (χ2v) is 8.39. The SMILES string of the molecule is Cc1ccc2c(c1)OC1(CCN(Cc3cccnc3)CC1)[C@H]1CCCO[C@H]21. The van der Waals surface area contributed by atoms with Gasteiger partial charge in [-0.15, -0.1) is 0 Å². The molecule has 2 fully saturated rings. The van der Waals surface area contributed by atoms with Crippen LogP contribution < -0.4 is 4.74 Å². The maximum Gasteiger partial charge on any atom is 0.126 e. The Kier molecular flexibility index (Phi) is 4.41. The minimum Gasteiger partial charge on any atom is -0.486 e. The highest BCUT2D eigenvalue weighted by molar-refractivity contribution is 5.42. The molecule has 27 heavy (non-hydrogen) atoms. The first-order valence-electron chi connectivity index (χ1n) is 10.3. The fourth-order valence-electron chi connectivity index (χ4n) is 5.20. The number of likely N-dealkylation sites (tertiary alicyclic amines) is 1. The summed E-state index contributed by atoms with van der Waals surface area (Å²) in [7, 11) is 0. The first-order valence-corrected chi connectivity index (χ1v) is 10.3. The van der Waals surface area contributed by atoms with Crippen LogP contribution in [-0.4, -0.2) is 35.2 Å². The van der Waals surface area contributed by atoms with Crippen LogP contribution in [0.2, 0.25) is 0 Å². The first-order chi connectivity index (χ1) is 13.2. The van der Waals surface area contributed by atoms with Crippen molar-refractivity contribution in [2.45, 2.75) is 50.9 Å². The van der Waals surface area contributed by atoms with Crippen LogP contribution in [-0.2, 0) is 11.3 Å². The summed E-state index contributed by atoms with van der Waals surface area (Å²) in [6.45, 7) is 6.13. The number of rotatable bonds is 2. The van der Waals surface area contributed by atoms with Gasteiger partial charge in [-0.3, -0.25) is 9.88 Å². The lowest BCUT2D eigenvalue weighted by Gasteiger charge is -2.53. The number of aryl methyl sites for hydroxylation is 1. The van der Waals surface area contributed by atoms with E-state index in [9.17, 15) is 0 Å². The van der Waals surface area contributed by atoms with Gasteiger partial charge in [0.05, 0.1) is 6.10 Å². The molecule has 3 aliphatic rings. The van der Waals surface area contributed by atoms with Crippen LogP contribution in [0.25, 0.3) is 0 Å². The van der Waals surface area contributed by atoms with Gasteiger partial charge in [-0.05, 0) is 43.0 Å². The molecule has 0 amide bonds. The highest BCUT2D eigenvalue weighted by atomic mass is 16.5. The number of piperidine rings is 1. The van der Waals surface area contributed by atoms with Crippen molar-refractivity contribution in [1.82, 2.24) is 9.88 Å². The molecule has 0 unspecified atom stereocenters. The molecule has 3 aliphatic heterocycles. The average Bonchev–Trinajstić information content (AvgIpc) is 2.71. The minimum absolute atomic E-state index is 0.0721. The van der Waals surface area contributed by atoms with Crippen LogP contribution in [0.4, 0.5) is 0 Å². The zero-order chi connectivity index (χ0) is 18.3. The summed E-state index contributed by atoms with van der Waals surface area (Å²) in [6.07, 6.45) is 8.52. The Balaban J connectivity index is 1.38. The summed E-state index contributed by atoms with van der Waals surface area (Å²) in [5.74, 6) is 1.53. The van der Waals surface area contributed by atoms with Crippen molar-refractivity contribution in [1.29, 1.82) is 0 Å². The summed E-state index contributed by atoms with van der Waals surface area (Å²) in [4.78, 5) is 6.79. The molecule has 4 nitrogen and oxygen atoms in total. The number of benzene rings is 1. The molecule has 0 aliphatic carbocycles. The van der Waals surface area contributed by atoms with Gasteiger partial charge >= 0.3 is 0 Å². The average molecular weight is 364 g/mol. The Labute approximate surface area is 161 Å². The lowest BCUT2D eigenvalue weighted by Crippen LogP contribution is -2.57. The Morgan fingerprint density at radius 1 is 1.22 bits per heavy atom. The van der Waals surface area contributed by atoms with Crippen LogP contribution >= 0.6 is 0 Å². The van der Waals surface area contributed by atoms with Crippen molar-refractivity contribution >= 4 is 0 Å². The molecule has 1 aromatic heterocycles. The van der Waals surface area contributed by atoms with E-state index < -0.39 is 0 Å². The fourth-order valence-corrected chi connectivity index (χ4v) is 5.20. The molecule has 0 saturated carbocycles. The molecule has 0 radical (unpaired) electrons. The normalized spacial score (nSPS) is 26.9. The summed E-state index contributed by atoms with van der Waals surface area (Å²) in [6, 6.07) is 10.8. The molecule has 2 saturated heterocycles. The molecule has 142 valence electrons. The van der Waals surface area contributed by atoms with Gasteiger partial charge in [0.25, 0.3) is 0 Å². The van der Waals surface area contributed by atoms with E-state index in [1.165, 1.54) is 23.1 Å². The van der Waals surface area contributed by atoms with E-state index >= 15 is 0 Å². The molecule has 5 rings (SSSR count). The number of hydrogen-bond donors (Lipinski definition) is 0. The molecule has 0 bridgehead atoms. The van der Waals surface area contributed by atoms with Gasteiger partial charge < -0.3 is 9.47 Å². The Bertz CT molecular complexity index is 799. The van der Waals surface area contributed by atoms with Crippen molar-refractivity contribution in [3.63, 3.8) is 0 Å². The zero-order valence-electron chi connectivity index (χ0n) is 16.1. The van der Waals surface area contributed by atoms with Crippen molar-refractivity contribution in [3.8, 4) is 5.75 Å². The number of aromatic nitrogens is 1. The Morgan fingerprint density at radius 2 is 2.11 bits per heavy atom. The first kappa shape index (κ1) is 17.2. The molecular formula is C23H28N2O2. The fraction of sp³-hybridized carbons (Fsp3) is 0.522. The van der Waals surface area contributed by atoms with Crippen LogP contribution in [0.15, 0.2) is 42.7 Å². The van der Waals surface area contributed by atoms with Gasteiger partial charge in [-0.1, -0.05) is 18.2 Å². The Morgan fingerprint density at radius 3 is 2.93 bits per heavy atom. The quantitative estimate of drug-likeness (QED) is 0.796. The summed E-state index contributed by atoms with van der Waals surface area (Å²) >= 11 is 0. The maximum atomic E-state index is 6.79. The van der Waals surface area contributed by atoms with E-state index in [2.05, 4.69) is 41.1 Å². The summed E-state index contributed by atoms with van der Waals surface area (Å²) in [5.41, 5.74) is 3.73. The van der Waals surface area contributed by atoms with Crippen LogP contribution in [0.5, 0.6) is 5.75 Å². The predicted octanol–water partition coefficient (Wildman–Crippen LogP) is 4.28. The smallest absolute Gasteiger partial charge is 0.126 e. The second-order valence-electron chi connectivity index (χ2n) is 8.39. The second kappa shape index (κ2) is 6.92.